The Morgan fingerprint density at radius 1 is 0.957 bits per heavy atom. The number of hydrogen-bond donors (Lipinski definition) is 0. The summed E-state index contributed by atoms with van der Waals surface area (Å²) >= 11 is 1.33. The van der Waals surface area contributed by atoms with Crippen LogP contribution in [0, 0.1) is 0 Å². The van der Waals surface area contributed by atoms with E-state index in [1.165, 1.54) is 27.7 Å². The highest BCUT2D eigenvalue weighted by Crippen LogP contribution is 2.32. The van der Waals surface area contributed by atoms with Crippen molar-refractivity contribution in [2.24, 2.45) is 4.99 Å². The molecule has 7 nitrogen and oxygen atoms in total. The Hall–Kier alpha value is -5.21. The van der Waals surface area contributed by atoms with Crippen LogP contribution in [0.3, 0.4) is 0 Å². The maximum absolute atomic E-state index is 14.3. The number of hydrogen-bond acceptors (Lipinski definition) is 6. The van der Waals surface area contributed by atoms with E-state index in [1.54, 1.807) is 18.6 Å². The number of ether oxygens (including phenoxy) is 2. The highest BCUT2D eigenvalue weighted by Gasteiger charge is 2.34. The quantitative estimate of drug-likeness (QED) is 0.193. The van der Waals surface area contributed by atoms with Crippen LogP contribution in [0.5, 0.6) is 5.75 Å². The van der Waals surface area contributed by atoms with Crippen LogP contribution in [0.4, 0.5) is 0 Å². The molecule has 0 radical (unpaired) electrons. The Bertz CT molecular complexity index is 2340. The van der Waals surface area contributed by atoms with Crippen molar-refractivity contribution in [3.8, 4) is 5.75 Å². The highest BCUT2D eigenvalue weighted by atomic mass is 32.1. The zero-order valence-electron chi connectivity index (χ0n) is 26.1. The lowest BCUT2D eigenvalue weighted by Gasteiger charge is -2.25. The summed E-state index contributed by atoms with van der Waals surface area (Å²) in [6.45, 7) is 6.10. The van der Waals surface area contributed by atoms with Crippen LogP contribution in [-0.4, -0.2) is 28.3 Å². The van der Waals surface area contributed by atoms with Gasteiger partial charge in [0, 0.05) is 29.2 Å². The number of carbonyl (C=O) groups is 1. The predicted molar refractivity (Wildman–Crippen MR) is 183 cm³/mol. The van der Waals surface area contributed by atoms with E-state index < -0.39 is 12.0 Å². The highest BCUT2D eigenvalue weighted by molar-refractivity contribution is 7.07. The molecular formula is C38H33N3O4S. The van der Waals surface area contributed by atoms with Gasteiger partial charge in [0.15, 0.2) is 4.80 Å². The van der Waals surface area contributed by atoms with Crippen LogP contribution in [0.25, 0.3) is 27.8 Å². The molecule has 0 saturated carbocycles. The number of aromatic nitrogens is 2. The number of allylic oxidation sites excluding steroid dienone is 1. The molecule has 1 aliphatic heterocycles. The molecule has 0 amide bonds. The molecule has 8 heteroatoms. The van der Waals surface area contributed by atoms with Crippen LogP contribution in [0.15, 0.2) is 118 Å². The van der Waals surface area contributed by atoms with E-state index in [2.05, 4.69) is 65.4 Å². The lowest BCUT2D eigenvalue weighted by Crippen LogP contribution is -2.40. The number of thiazole rings is 1. The van der Waals surface area contributed by atoms with Crippen molar-refractivity contribution < 1.29 is 14.3 Å². The van der Waals surface area contributed by atoms with Crippen LogP contribution < -0.4 is 19.6 Å². The van der Waals surface area contributed by atoms with Gasteiger partial charge in [0.2, 0.25) is 0 Å². The van der Waals surface area contributed by atoms with Gasteiger partial charge in [0.25, 0.3) is 5.56 Å². The summed E-state index contributed by atoms with van der Waals surface area (Å²) in [7, 11) is 1.60. The minimum atomic E-state index is -0.691. The lowest BCUT2D eigenvalue weighted by molar-refractivity contribution is -0.143. The summed E-state index contributed by atoms with van der Waals surface area (Å²) in [6.07, 6.45) is 3.74. The van der Waals surface area contributed by atoms with Crippen molar-refractivity contribution >= 4 is 45.1 Å². The molecule has 46 heavy (non-hydrogen) atoms. The van der Waals surface area contributed by atoms with Crippen molar-refractivity contribution in [2.45, 2.75) is 39.5 Å². The normalized spacial score (nSPS) is 15.0. The fourth-order valence-electron chi connectivity index (χ4n) is 6.24. The molecule has 1 atom stereocenters. The van der Waals surface area contributed by atoms with Gasteiger partial charge in [0.05, 0.1) is 35.1 Å². The Balaban J connectivity index is 1.37. The van der Waals surface area contributed by atoms with Gasteiger partial charge in [-0.1, -0.05) is 84.1 Å². The van der Waals surface area contributed by atoms with E-state index in [0.29, 0.717) is 32.9 Å². The van der Waals surface area contributed by atoms with E-state index in [0.717, 1.165) is 22.0 Å². The molecular weight excluding hydrogens is 595 g/mol. The first kappa shape index (κ1) is 29.5. The maximum Gasteiger partial charge on any atom is 0.338 e. The molecule has 0 unspecified atom stereocenters. The summed E-state index contributed by atoms with van der Waals surface area (Å²) < 4.78 is 15.4. The molecule has 0 N–H and O–H groups in total. The Morgan fingerprint density at radius 3 is 2.43 bits per heavy atom. The Kier molecular flexibility index (Phi) is 7.66. The van der Waals surface area contributed by atoms with E-state index in [1.807, 2.05) is 56.3 Å². The summed E-state index contributed by atoms with van der Waals surface area (Å²) in [6, 6.07) is 29.8. The van der Waals surface area contributed by atoms with E-state index in [9.17, 15) is 9.59 Å². The van der Waals surface area contributed by atoms with E-state index >= 15 is 0 Å². The molecule has 4 aromatic carbocycles. The van der Waals surface area contributed by atoms with Crippen LogP contribution in [0.2, 0.25) is 0 Å². The van der Waals surface area contributed by atoms with Crippen LogP contribution in [-0.2, 0) is 16.1 Å². The number of carbonyl (C=O) groups excluding carboxylic acids is 1. The average Bonchev–Trinajstić information content (AvgIpc) is 3.56. The number of benzene rings is 4. The van der Waals surface area contributed by atoms with Crippen LogP contribution in [0.1, 0.15) is 43.5 Å². The SMILES string of the molecule is COc1ccc([C@H]2C(C(=O)OC(C)C)=C(C)N=c3s/c(=C\c4cn(Cc5cccc6ccccc56)c5ccccc45)c(=O)n32)cc1. The Labute approximate surface area is 270 Å². The molecule has 0 spiro atoms. The third-order valence-corrected chi connectivity index (χ3v) is 9.33. The number of para-hydroxylation sites is 1. The smallest absolute Gasteiger partial charge is 0.338 e. The molecule has 1 aliphatic rings. The Morgan fingerprint density at radius 2 is 1.67 bits per heavy atom. The first-order chi connectivity index (χ1) is 22.3. The molecule has 6 aromatic rings. The number of methoxy groups -OCH3 is 1. The lowest BCUT2D eigenvalue weighted by atomic mass is 9.96. The molecule has 0 bridgehead atoms. The number of fused-ring (bicyclic) bond motifs is 3. The number of nitrogens with zero attached hydrogens (tertiary/aromatic N) is 3. The number of esters is 1. The minimum absolute atomic E-state index is 0.210. The topological polar surface area (TPSA) is 74.8 Å². The van der Waals surface area contributed by atoms with Gasteiger partial charge in [0.1, 0.15) is 5.75 Å². The molecule has 0 fully saturated rings. The van der Waals surface area contributed by atoms with Crippen molar-refractivity contribution in [1.29, 1.82) is 0 Å². The molecule has 7 rings (SSSR count). The van der Waals surface area contributed by atoms with Crippen molar-refractivity contribution in [1.82, 2.24) is 9.13 Å². The summed E-state index contributed by atoms with van der Waals surface area (Å²) in [5.74, 6) is 0.200. The van der Waals surface area contributed by atoms with E-state index in [-0.39, 0.29) is 11.7 Å². The fraction of sp³-hybridized carbons (Fsp3) is 0.184. The third-order valence-electron chi connectivity index (χ3n) is 8.34. The second kappa shape index (κ2) is 11.9. The molecule has 0 saturated heterocycles. The second-order valence-electron chi connectivity index (χ2n) is 11.7. The van der Waals surface area contributed by atoms with Gasteiger partial charge < -0.3 is 14.0 Å². The van der Waals surface area contributed by atoms with Gasteiger partial charge in [-0.25, -0.2) is 9.79 Å². The van der Waals surface area contributed by atoms with Gasteiger partial charge in [-0.05, 0) is 66.9 Å². The monoisotopic (exact) mass is 627 g/mol. The van der Waals surface area contributed by atoms with Crippen molar-refractivity contribution in [3.05, 3.63) is 145 Å². The molecule has 230 valence electrons. The zero-order valence-corrected chi connectivity index (χ0v) is 26.9. The average molecular weight is 628 g/mol. The van der Waals surface area contributed by atoms with Crippen molar-refractivity contribution in [2.75, 3.05) is 7.11 Å². The number of rotatable bonds is 7. The summed E-state index contributed by atoms with van der Waals surface area (Å²) in [5, 5.41) is 3.48. The maximum atomic E-state index is 14.3. The second-order valence-corrected chi connectivity index (χ2v) is 12.7. The van der Waals surface area contributed by atoms with Crippen LogP contribution >= 0.6 is 11.3 Å². The van der Waals surface area contributed by atoms with Gasteiger partial charge >= 0.3 is 5.97 Å². The molecule has 0 aliphatic carbocycles. The van der Waals surface area contributed by atoms with Gasteiger partial charge in [-0.3, -0.25) is 9.36 Å². The summed E-state index contributed by atoms with van der Waals surface area (Å²) in [5.41, 5.74) is 4.69. The predicted octanol–water partition coefficient (Wildman–Crippen LogP) is 6.35. The molecule has 3 heterocycles. The summed E-state index contributed by atoms with van der Waals surface area (Å²) in [4.78, 5) is 33.0. The third kappa shape index (κ3) is 5.24. The zero-order chi connectivity index (χ0) is 31.9. The first-order valence-electron chi connectivity index (χ1n) is 15.2. The van der Waals surface area contributed by atoms with E-state index in [4.69, 9.17) is 14.5 Å². The van der Waals surface area contributed by atoms with Gasteiger partial charge in [-0.15, -0.1) is 0 Å². The van der Waals surface area contributed by atoms with Crippen molar-refractivity contribution in [3.63, 3.8) is 0 Å². The van der Waals surface area contributed by atoms with Gasteiger partial charge in [-0.2, -0.15) is 0 Å². The largest absolute Gasteiger partial charge is 0.497 e. The molecule has 2 aromatic heterocycles. The minimum Gasteiger partial charge on any atom is -0.497 e. The fourth-order valence-corrected chi connectivity index (χ4v) is 7.28. The standard InChI is InChI=1S/C38H33N3O4S/c1-23(2)45-37(43)34-24(3)39-38-41(35(34)26-16-18-29(44-4)19-17-26)36(42)33(46-38)20-28-22-40(32-15-8-7-14-31(28)32)21-27-12-9-11-25-10-5-6-13-30(25)27/h5-20,22-23,35H,21H2,1-4H3/b33-20-/t35-/m0/s1. The first-order valence-corrected chi connectivity index (χ1v) is 16.1.